The number of aromatic nitrogens is 4. The number of nitrogens with zero attached hydrogens (tertiary/aromatic N) is 5. The van der Waals surface area contributed by atoms with Crippen molar-refractivity contribution >= 4 is 5.91 Å². The zero-order valence-electron chi connectivity index (χ0n) is 12.3. The summed E-state index contributed by atoms with van der Waals surface area (Å²) in [7, 11) is 0. The summed E-state index contributed by atoms with van der Waals surface area (Å²) >= 11 is 0. The summed E-state index contributed by atoms with van der Waals surface area (Å²) in [5.41, 5.74) is 0.824. The van der Waals surface area contributed by atoms with Gasteiger partial charge in [0.25, 0.3) is 5.91 Å². The number of amides is 1. The van der Waals surface area contributed by atoms with E-state index in [0.29, 0.717) is 32.1 Å². The first-order chi connectivity index (χ1) is 10.7. The van der Waals surface area contributed by atoms with E-state index in [0.717, 1.165) is 5.69 Å². The third-order valence-electron chi connectivity index (χ3n) is 3.43. The molecule has 1 aliphatic heterocycles. The molecule has 0 bridgehead atoms. The van der Waals surface area contributed by atoms with Crippen LogP contribution in [0.4, 0.5) is 0 Å². The molecule has 1 fully saturated rings. The lowest BCUT2D eigenvalue weighted by molar-refractivity contribution is -0.142. The van der Waals surface area contributed by atoms with E-state index in [4.69, 9.17) is 9.47 Å². The monoisotopic (exact) mass is 303 g/mol. The summed E-state index contributed by atoms with van der Waals surface area (Å²) < 4.78 is 12.5. The molecule has 0 spiro atoms. The smallest absolute Gasteiger partial charge is 0.263 e. The predicted octanol–water partition coefficient (Wildman–Crippen LogP) is 0.288. The van der Waals surface area contributed by atoms with Crippen molar-refractivity contribution in [2.45, 2.75) is 13.0 Å². The maximum Gasteiger partial charge on any atom is 0.263 e. The highest BCUT2D eigenvalue weighted by molar-refractivity contribution is 5.81. The fraction of sp³-hybridized carbons (Fsp3) is 0.429. The van der Waals surface area contributed by atoms with E-state index in [1.165, 1.54) is 6.33 Å². The Kier molecular flexibility index (Phi) is 4.29. The third kappa shape index (κ3) is 3.22. The number of hydrogen-bond acceptors (Lipinski definition) is 6. The number of rotatable bonds is 4. The van der Waals surface area contributed by atoms with Crippen LogP contribution in [0, 0.1) is 0 Å². The molecule has 1 unspecified atom stereocenters. The molecule has 1 amide bonds. The molecule has 0 radical (unpaired) electrons. The SMILES string of the molecule is CC(Oc1ccc(-n2cnnn2)cc1)C(=O)N1CCOCC1. The normalized spacial score (nSPS) is 16.3. The lowest BCUT2D eigenvalue weighted by Gasteiger charge is -2.29. The van der Waals surface area contributed by atoms with Crippen LogP contribution in [0.3, 0.4) is 0 Å². The van der Waals surface area contributed by atoms with Crippen LogP contribution in [-0.4, -0.2) is 63.4 Å². The molecule has 2 heterocycles. The molecule has 1 aromatic heterocycles. The maximum atomic E-state index is 12.3. The van der Waals surface area contributed by atoms with Gasteiger partial charge in [0.05, 0.1) is 18.9 Å². The van der Waals surface area contributed by atoms with Crippen molar-refractivity contribution in [3.63, 3.8) is 0 Å². The van der Waals surface area contributed by atoms with Crippen molar-refractivity contribution in [1.29, 1.82) is 0 Å². The average molecular weight is 303 g/mol. The number of morpholine rings is 1. The van der Waals surface area contributed by atoms with Crippen molar-refractivity contribution in [1.82, 2.24) is 25.1 Å². The minimum absolute atomic E-state index is 0.0205. The topological polar surface area (TPSA) is 82.4 Å². The van der Waals surface area contributed by atoms with E-state index < -0.39 is 6.10 Å². The van der Waals surface area contributed by atoms with E-state index in [9.17, 15) is 4.79 Å². The van der Waals surface area contributed by atoms with Gasteiger partial charge in [0, 0.05) is 13.1 Å². The van der Waals surface area contributed by atoms with Crippen molar-refractivity contribution in [2.24, 2.45) is 0 Å². The molecule has 1 saturated heterocycles. The van der Waals surface area contributed by atoms with E-state index in [2.05, 4.69) is 15.5 Å². The molecule has 1 atom stereocenters. The van der Waals surface area contributed by atoms with Crippen LogP contribution in [0.1, 0.15) is 6.92 Å². The molecule has 1 aromatic carbocycles. The van der Waals surface area contributed by atoms with E-state index in [-0.39, 0.29) is 5.91 Å². The summed E-state index contributed by atoms with van der Waals surface area (Å²) in [6, 6.07) is 7.25. The second-order valence-electron chi connectivity index (χ2n) is 4.95. The Morgan fingerprint density at radius 2 is 2.00 bits per heavy atom. The summed E-state index contributed by atoms with van der Waals surface area (Å²) in [6.07, 6.45) is 0.984. The number of carbonyl (C=O) groups is 1. The molecule has 0 N–H and O–H groups in total. The molecule has 8 nitrogen and oxygen atoms in total. The molecule has 22 heavy (non-hydrogen) atoms. The highest BCUT2D eigenvalue weighted by atomic mass is 16.5. The summed E-state index contributed by atoms with van der Waals surface area (Å²) in [5.74, 6) is 0.610. The van der Waals surface area contributed by atoms with Gasteiger partial charge in [-0.25, -0.2) is 4.68 Å². The zero-order chi connectivity index (χ0) is 15.4. The number of ether oxygens (including phenoxy) is 2. The number of carbonyl (C=O) groups excluding carboxylic acids is 1. The fourth-order valence-electron chi connectivity index (χ4n) is 2.25. The predicted molar refractivity (Wildman–Crippen MR) is 76.6 cm³/mol. The van der Waals surface area contributed by atoms with Crippen LogP contribution in [-0.2, 0) is 9.53 Å². The Balaban J connectivity index is 1.61. The van der Waals surface area contributed by atoms with E-state index in [1.807, 2.05) is 12.1 Å². The lowest BCUT2D eigenvalue weighted by atomic mass is 10.2. The van der Waals surface area contributed by atoms with Crippen LogP contribution in [0.15, 0.2) is 30.6 Å². The highest BCUT2D eigenvalue weighted by Crippen LogP contribution is 2.16. The molecular formula is C14H17N5O3. The van der Waals surface area contributed by atoms with Gasteiger partial charge < -0.3 is 14.4 Å². The number of benzene rings is 1. The van der Waals surface area contributed by atoms with Gasteiger partial charge >= 0.3 is 0 Å². The van der Waals surface area contributed by atoms with Crippen LogP contribution in [0.25, 0.3) is 5.69 Å². The summed E-state index contributed by atoms with van der Waals surface area (Å²) in [6.45, 7) is 4.15. The molecular weight excluding hydrogens is 286 g/mol. The number of hydrogen-bond donors (Lipinski definition) is 0. The minimum atomic E-state index is -0.531. The molecule has 8 heteroatoms. The van der Waals surface area contributed by atoms with Gasteiger partial charge in [-0.3, -0.25) is 4.79 Å². The minimum Gasteiger partial charge on any atom is -0.481 e. The zero-order valence-corrected chi connectivity index (χ0v) is 12.3. The van der Waals surface area contributed by atoms with E-state index in [1.54, 1.807) is 28.6 Å². The van der Waals surface area contributed by atoms with Crippen LogP contribution < -0.4 is 4.74 Å². The Bertz CT molecular complexity index is 608. The Hall–Kier alpha value is -2.48. The first kappa shape index (κ1) is 14.5. The Morgan fingerprint density at radius 3 is 2.64 bits per heavy atom. The quantitative estimate of drug-likeness (QED) is 0.807. The van der Waals surface area contributed by atoms with Crippen LogP contribution in [0.2, 0.25) is 0 Å². The maximum absolute atomic E-state index is 12.3. The largest absolute Gasteiger partial charge is 0.481 e. The van der Waals surface area contributed by atoms with Gasteiger partial charge in [-0.15, -0.1) is 5.10 Å². The standard InChI is InChI=1S/C14H17N5O3/c1-11(14(20)18-6-8-21-9-7-18)22-13-4-2-12(3-5-13)19-10-15-16-17-19/h2-5,10-11H,6-9H2,1H3. The average Bonchev–Trinajstić information content (AvgIpc) is 3.10. The number of tetrazole rings is 1. The van der Waals surface area contributed by atoms with Crippen LogP contribution in [0.5, 0.6) is 5.75 Å². The highest BCUT2D eigenvalue weighted by Gasteiger charge is 2.23. The second kappa shape index (κ2) is 6.52. The van der Waals surface area contributed by atoms with Gasteiger partial charge in [0.2, 0.25) is 0 Å². The van der Waals surface area contributed by atoms with Gasteiger partial charge in [0.15, 0.2) is 6.10 Å². The van der Waals surface area contributed by atoms with Gasteiger partial charge in [-0.2, -0.15) is 0 Å². The molecule has 1 aliphatic rings. The first-order valence-corrected chi connectivity index (χ1v) is 7.10. The van der Waals surface area contributed by atoms with E-state index >= 15 is 0 Å². The van der Waals surface area contributed by atoms with Crippen molar-refractivity contribution < 1.29 is 14.3 Å². The fourth-order valence-corrected chi connectivity index (χ4v) is 2.25. The van der Waals surface area contributed by atoms with Crippen molar-refractivity contribution in [3.05, 3.63) is 30.6 Å². The van der Waals surface area contributed by atoms with Crippen molar-refractivity contribution in [3.8, 4) is 11.4 Å². The van der Waals surface area contributed by atoms with Crippen LogP contribution >= 0.6 is 0 Å². The van der Waals surface area contributed by atoms with Gasteiger partial charge in [0.1, 0.15) is 12.1 Å². The van der Waals surface area contributed by atoms with Gasteiger partial charge in [-0.05, 0) is 41.6 Å². The second-order valence-corrected chi connectivity index (χ2v) is 4.95. The molecule has 0 saturated carbocycles. The Labute approximate surface area is 127 Å². The van der Waals surface area contributed by atoms with Crippen molar-refractivity contribution in [2.75, 3.05) is 26.3 Å². The molecule has 116 valence electrons. The summed E-state index contributed by atoms with van der Waals surface area (Å²) in [5, 5.41) is 11.0. The molecule has 3 rings (SSSR count). The summed E-state index contributed by atoms with van der Waals surface area (Å²) in [4.78, 5) is 14.0. The Morgan fingerprint density at radius 1 is 1.27 bits per heavy atom. The van der Waals surface area contributed by atoms with Gasteiger partial charge in [-0.1, -0.05) is 0 Å². The molecule has 2 aromatic rings. The third-order valence-corrected chi connectivity index (χ3v) is 3.43. The lowest BCUT2D eigenvalue weighted by Crippen LogP contribution is -2.46. The molecule has 0 aliphatic carbocycles. The first-order valence-electron chi connectivity index (χ1n) is 7.10.